The maximum atomic E-state index is 11.7. The Morgan fingerprint density at radius 1 is 1.36 bits per heavy atom. The van der Waals surface area contributed by atoms with Crippen molar-refractivity contribution in [1.29, 1.82) is 0 Å². The summed E-state index contributed by atoms with van der Waals surface area (Å²) in [5.74, 6) is 0.734. The molecule has 1 saturated heterocycles. The van der Waals surface area contributed by atoms with Crippen LogP contribution in [-0.2, 0) is 9.84 Å². The van der Waals surface area contributed by atoms with Crippen LogP contribution in [0.25, 0.3) is 0 Å². The fourth-order valence-electron chi connectivity index (χ4n) is 2.32. The fraction of sp³-hybridized carbons (Fsp3) is 0.500. The van der Waals surface area contributed by atoms with Gasteiger partial charge >= 0.3 is 6.03 Å². The van der Waals surface area contributed by atoms with Crippen molar-refractivity contribution >= 4 is 27.5 Å². The molecule has 2 amide bonds. The maximum absolute atomic E-state index is 11.7. The van der Waals surface area contributed by atoms with E-state index < -0.39 is 15.9 Å². The van der Waals surface area contributed by atoms with Crippen molar-refractivity contribution < 1.29 is 17.9 Å². The van der Waals surface area contributed by atoms with Crippen molar-refractivity contribution in [3.05, 3.63) is 28.3 Å². The van der Waals surface area contributed by atoms with E-state index in [1.54, 1.807) is 12.1 Å². The predicted octanol–water partition coefficient (Wildman–Crippen LogP) is 1.78. The smallest absolute Gasteiger partial charge is 0.317 e. The van der Waals surface area contributed by atoms with E-state index in [0.717, 1.165) is 11.1 Å². The first-order chi connectivity index (χ1) is 10.3. The van der Waals surface area contributed by atoms with Crippen molar-refractivity contribution in [3.63, 3.8) is 0 Å². The van der Waals surface area contributed by atoms with Crippen molar-refractivity contribution in [1.82, 2.24) is 10.6 Å². The van der Waals surface area contributed by atoms with E-state index in [1.807, 2.05) is 13.8 Å². The maximum Gasteiger partial charge on any atom is 0.317 e. The summed E-state index contributed by atoms with van der Waals surface area (Å²) in [5.41, 5.74) is 1.80. The minimum atomic E-state index is -3.00. The van der Waals surface area contributed by atoms with Gasteiger partial charge in [-0.15, -0.1) is 0 Å². The number of rotatable bonds is 4. The first kappa shape index (κ1) is 16.9. The molecule has 22 heavy (non-hydrogen) atoms. The van der Waals surface area contributed by atoms with Crippen LogP contribution in [-0.4, -0.2) is 38.7 Å². The number of carbonyl (C=O) groups excluding carboxylic acids is 1. The van der Waals surface area contributed by atoms with E-state index in [2.05, 4.69) is 10.6 Å². The zero-order valence-corrected chi connectivity index (χ0v) is 14.1. The Kier molecular flexibility index (Phi) is 5.18. The molecule has 0 saturated carbocycles. The highest BCUT2D eigenvalue weighted by Crippen LogP contribution is 2.25. The summed E-state index contributed by atoms with van der Waals surface area (Å²) in [7, 11) is -3.00. The van der Waals surface area contributed by atoms with Gasteiger partial charge in [-0.25, -0.2) is 13.2 Å². The van der Waals surface area contributed by atoms with E-state index in [9.17, 15) is 13.2 Å². The molecule has 0 spiro atoms. The molecule has 2 rings (SSSR count). The number of sulfone groups is 1. The normalized spacial score (nSPS) is 19.7. The van der Waals surface area contributed by atoms with Crippen molar-refractivity contribution in [3.8, 4) is 5.75 Å². The molecule has 1 atom stereocenters. The first-order valence-corrected chi connectivity index (χ1v) is 9.11. The van der Waals surface area contributed by atoms with Crippen LogP contribution in [0.5, 0.6) is 5.75 Å². The SMILES string of the molecule is Cc1cc(OCNC(=O)NC2CCS(=O)(=O)C2)cc(C)c1Cl. The lowest BCUT2D eigenvalue weighted by atomic mass is 10.1. The lowest BCUT2D eigenvalue weighted by molar-refractivity contribution is 0.221. The van der Waals surface area contributed by atoms with Crippen molar-refractivity contribution in [2.75, 3.05) is 18.2 Å². The highest BCUT2D eigenvalue weighted by molar-refractivity contribution is 7.91. The first-order valence-electron chi connectivity index (χ1n) is 6.91. The molecule has 1 heterocycles. The molecule has 0 aromatic heterocycles. The quantitative estimate of drug-likeness (QED) is 0.814. The second-order valence-electron chi connectivity index (χ2n) is 5.41. The molecule has 2 N–H and O–H groups in total. The zero-order valence-electron chi connectivity index (χ0n) is 12.5. The molecule has 8 heteroatoms. The molecular formula is C14H19ClN2O4S. The average Bonchev–Trinajstić information content (AvgIpc) is 2.75. The number of aryl methyl sites for hydroxylation is 2. The van der Waals surface area contributed by atoms with Gasteiger partial charge in [0.15, 0.2) is 16.6 Å². The lowest BCUT2D eigenvalue weighted by Crippen LogP contribution is -2.43. The second kappa shape index (κ2) is 6.75. The Balaban J connectivity index is 1.78. The Morgan fingerprint density at radius 3 is 2.55 bits per heavy atom. The molecule has 1 aromatic carbocycles. The molecule has 1 fully saturated rings. The lowest BCUT2D eigenvalue weighted by Gasteiger charge is -2.13. The van der Waals surface area contributed by atoms with Crippen LogP contribution in [0.15, 0.2) is 12.1 Å². The Bertz CT molecular complexity index is 652. The highest BCUT2D eigenvalue weighted by atomic mass is 35.5. The monoisotopic (exact) mass is 346 g/mol. The van der Waals surface area contributed by atoms with Gasteiger partial charge in [0.2, 0.25) is 0 Å². The van der Waals surface area contributed by atoms with Crippen LogP contribution in [0.1, 0.15) is 17.5 Å². The summed E-state index contributed by atoms with van der Waals surface area (Å²) in [5, 5.41) is 5.86. The van der Waals surface area contributed by atoms with Gasteiger partial charge in [-0.2, -0.15) is 0 Å². The molecule has 0 bridgehead atoms. The molecule has 6 nitrogen and oxygen atoms in total. The van der Waals surface area contributed by atoms with Gasteiger partial charge in [-0.05, 0) is 43.5 Å². The third kappa shape index (κ3) is 4.51. The van der Waals surface area contributed by atoms with Gasteiger partial charge < -0.3 is 15.4 Å². The van der Waals surface area contributed by atoms with Crippen LogP contribution in [0, 0.1) is 13.8 Å². The topological polar surface area (TPSA) is 84.5 Å². The number of halogens is 1. The van der Waals surface area contributed by atoms with Gasteiger partial charge in [0.05, 0.1) is 11.5 Å². The Hall–Kier alpha value is -1.47. The number of nitrogens with one attached hydrogen (secondary N) is 2. The molecule has 0 aliphatic carbocycles. The average molecular weight is 347 g/mol. The minimum Gasteiger partial charge on any atom is -0.473 e. The Labute approximate surface area is 135 Å². The van der Waals surface area contributed by atoms with Gasteiger partial charge in [0.1, 0.15) is 5.75 Å². The summed E-state index contributed by atoms with van der Waals surface area (Å²) in [4.78, 5) is 11.7. The van der Waals surface area contributed by atoms with Crippen LogP contribution in [0.4, 0.5) is 4.79 Å². The van der Waals surface area contributed by atoms with Gasteiger partial charge in [-0.1, -0.05) is 11.6 Å². The van der Waals surface area contributed by atoms with Gasteiger partial charge in [-0.3, -0.25) is 0 Å². The molecule has 1 aromatic rings. The standard InChI is InChI=1S/C14H19ClN2O4S/c1-9-5-12(6-10(2)13(9)15)21-8-16-14(18)17-11-3-4-22(19,20)7-11/h5-6,11H,3-4,7-8H2,1-2H3,(H2,16,17,18). The summed E-state index contributed by atoms with van der Waals surface area (Å²) >= 11 is 6.07. The van der Waals surface area contributed by atoms with E-state index in [-0.39, 0.29) is 24.3 Å². The second-order valence-corrected chi connectivity index (χ2v) is 8.02. The minimum absolute atomic E-state index is 0.00312. The van der Waals surface area contributed by atoms with E-state index >= 15 is 0 Å². The summed E-state index contributed by atoms with van der Waals surface area (Å²) in [6.07, 6.45) is 0.451. The highest BCUT2D eigenvalue weighted by Gasteiger charge is 2.28. The summed E-state index contributed by atoms with van der Waals surface area (Å²) in [6.45, 7) is 3.75. The molecule has 1 aliphatic rings. The van der Waals surface area contributed by atoms with Crippen LogP contribution in [0.2, 0.25) is 5.02 Å². The molecule has 1 aliphatic heterocycles. The number of hydrogen-bond donors (Lipinski definition) is 2. The molecule has 1 unspecified atom stereocenters. The summed E-state index contributed by atoms with van der Waals surface area (Å²) < 4.78 is 28.1. The Morgan fingerprint density at radius 2 is 2.00 bits per heavy atom. The van der Waals surface area contributed by atoms with Crippen LogP contribution >= 0.6 is 11.6 Å². The fourth-order valence-corrected chi connectivity index (χ4v) is 4.10. The van der Waals surface area contributed by atoms with E-state index in [1.165, 1.54) is 0 Å². The molecule has 0 radical (unpaired) electrons. The predicted molar refractivity (Wildman–Crippen MR) is 85.1 cm³/mol. The number of carbonyl (C=O) groups is 1. The third-order valence-corrected chi connectivity index (χ3v) is 5.81. The summed E-state index contributed by atoms with van der Waals surface area (Å²) in [6, 6.07) is 2.81. The molecular weight excluding hydrogens is 328 g/mol. The largest absolute Gasteiger partial charge is 0.473 e. The number of benzene rings is 1. The van der Waals surface area contributed by atoms with Gasteiger partial charge in [0, 0.05) is 11.1 Å². The van der Waals surface area contributed by atoms with Crippen molar-refractivity contribution in [2.45, 2.75) is 26.3 Å². The zero-order chi connectivity index (χ0) is 16.3. The number of amides is 2. The number of hydrogen-bond acceptors (Lipinski definition) is 4. The number of urea groups is 1. The van der Waals surface area contributed by atoms with E-state index in [4.69, 9.17) is 16.3 Å². The van der Waals surface area contributed by atoms with Gasteiger partial charge in [0.25, 0.3) is 0 Å². The number of ether oxygens (including phenoxy) is 1. The van der Waals surface area contributed by atoms with Crippen molar-refractivity contribution in [2.24, 2.45) is 0 Å². The molecule has 122 valence electrons. The third-order valence-electron chi connectivity index (χ3n) is 3.45. The van der Waals surface area contributed by atoms with Crippen LogP contribution in [0.3, 0.4) is 0 Å². The van der Waals surface area contributed by atoms with E-state index in [0.29, 0.717) is 17.2 Å². The van der Waals surface area contributed by atoms with Crippen LogP contribution < -0.4 is 15.4 Å².